The number of nitrogens with one attached hydrogen (secondary N) is 1. The summed E-state index contributed by atoms with van der Waals surface area (Å²) in [5.41, 5.74) is 4.90. The molecule has 1 aliphatic carbocycles. The van der Waals surface area contributed by atoms with E-state index in [0.717, 1.165) is 54.0 Å². The molecule has 0 aromatic heterocycles. The van der Waals surface area contributed by atoms with Gasteiger partial charge in [0.05, 0.1) is 21.4 Å². The summed E-state index contributed by atoms with van der Waals surface area (Å²) in [6.07, 6.45) is 8.20. The fraction of sp³-hybridized carbons (Fsp3) is 0.433. The van der Waals surface area contributed by atoms with E-state index in [4.69, 9.17) is 34.8 Å². The Kier molecular flexibility index (Phi) is 7.75. The van der Waals surface area contributed by atoms with E-state index >= 15 is 0 Å². The predicted molar refractivity (Wildman–Crippen MR) is 157 cm³/mol. The van der Waals surface area contributed by atoms with Gasteiger partial charge in [0.1, 0.15) is 0 Å². The molecule has 3 heterocycles. The summed E-state index contributed by atoms with van der Waals surface area (Å²) in [6, 6.07) is 13.9. The summed E-state index contributed by atoms with van der Waals surface area (Å²) in [5, 5.41) is 4.69. The number of nitrogens with zero attached hydrogens (tertiary/aromatic N) is 3. The number of urea groups is 1. The first kappa shape index (κ1) is 26.2. The third-order valence-corrected chi connectivity index (χ3v) is 9.47. The van der Waals surface area contributed by atoms with Crippen LogP contribution >= 0.6 is 34.8 Å². The van der Waals surface area contributed by atoms with E-state index in [1.807, 2.05) is 18.2 Å². The molecule has 5 nitrogen and oxygen atoms in total. The van der Waals surface area contributed by atoms with Gasteiger partial charge in [-0.1, -0.05) is 64.6 Å². The van der Waals surface area contributed by atoms with Crippen LogP contribution < -0.4 is 10.2 Å². The van der Waals surface area contributed by atoms with E-state index in [-0.39, 0.29) is 11.9 Å². The molecule has 1 N–H and O–H groups in total. The van der Waals surface area contributed by atoms with Crippen molar-refractivity contribution in [1.82, 2.24) is 15.1 Å². The van der Waals surface area contributed by atoms with Crippen LogP contribution in [0.1, 0.15) is 43.6 Å². The third kappa shape index (κ3) is 5.12. The molecule has 2 fully saturated rings. The predicted octanol–water partition coefficient (Wildman–Crippen LogP) is 7.10. The summed E-state index contributed by atoms with van der Waals surface area (Å²) >= 11 is 20.0. The van der Waals surface area contributed by atoms with Gasteiger partial charge in [-0.3, -0.25) is 9.80 Å². The Bertz CT molecular complexity index is 1260. The van der Waals surface area contributed by atoms with Crippen molar-refractivity contribution < 1.29 is 4.79 Å². The first-order chi connectivity index (χ1) is 18.5. The van der Waals surface area contributed by atoms with Crippen LogP contribution in [0.2, 0.25) is 15.1 Å². The summed E-state index contributed by atoms with van der Waals surface area (Å²) in [4.78, 5) is 20.2. The Morgan fingerprint density at radius 3 is 2.26 bits per heavy atom. The topological polar surface area (TPSA) is 38.8 Å². The number of piperidine rings is 1. The molecule has 4 aliphatic rings. The van der Waals surface area contributed by atoms with E-state index in [9.17, 15) is 4.79 Å². The van der Waals surface area contributed by atoms with Gasteiger partial charge in [-0.15, -0.1) is 0 Å². The number of likely N-dealkylation sites (tertiary alicyclic amines) is 2. The molecule has 0 radical (unpaired) electrons. The Morgan fingerprint density at radius 1 is 0.868 bits per heavy atom. The zero-order valence-corrected chi connectivity index (χ0v) is 23.7. The van der Waals surface area contributed by atoms with Gasteiger partial charge >= 0.3 is 6.03 Å². The van der Waals surface area contributed by atoms with Crippen LogP contribution in [-0.2, 0) is 0 Å². The first-order valence-electron chi connectivity index (χ1n) is 13.6. The Morgan fingerprint density at radius 2 is 1.55 bits per heavy atom. The van der Waals surface area contributed by atoms with Crippen molar-refractivity contribution in [3.63, 3.8) is 0 Å². The molecular formula is C30H33Cl3N4O. The van der Waals surface area contributed by atoms with Crippen molar-refractivity contribution in [3.05, 3.63) is 86.0 Å². The number of anilines is 1. The molecule has 0 bridgehead atoms. The van der Waals surface area contributed by atoms with Gasteiger partial charge in [-0.2, -0.15) is 0 Å². The Balaban J connectivity index is 1.34. The van der Waals surface area contributed by atoms with Crippen molar-refractivity contribution in [2.24, 2.45) is 0 Å². The molecule has 1 atom stereocenters. The van der Waals surface area contributed by atoms with E-state index in [0.29, 0.717) is 22.3 Å². The minimum atomic E-state index is -0.222. The molecule has 2 amide bonds. The lowest BCUT2D eigenvalue weighted by atomic mass is 9.79. The van der Waals surface area contributed by atoms with Crippen molar-refractivity contribution >= 4 is 46.5 Å². The number of rotatable bonds is 5. The largest absolute Gasteiger partial charge is 0.334 e. The van der Waals surface area contributed by atoms with Gasteiger partial charge in [0.2, 0.25) is 0 Å². The second kappa shape index (κ2) is 11.2. The van der Waals surface area contributed by atoms with Crippen LogP contribution in [-0.4, -0.2) is 61.1 Å². The highest BCUT2D eigenvalue weighted by molar-refractivity contribution is 6.40. The number of halogens is 3. The smallest absolute Gasteiger partial charge is 0.326 e. The highest BCUT2D eigenvalue weighted by Gasteiger charge is 2.37. The van der Waals surface area contributed by atoms with Crippen LogP contribution in [0, 0.1) is 0 Å². The zero-order valence-electron chi connectivity index (χ0n) is 21.4. The van der Waals surface area contributed by atoms with Gasteiger partial charge in [-0.25, -0.2) is 4.79 Å². The third-order valence-electron chi connectivity index (χ3n) is 8.51. The number of hydrogen-bond donors (Lipinski definition) is 1. The number of carbonyl (C=O) groups excluding carboxylic acids is 1. The molecule has 0 spiro atoms. The van der Waals surface area contributed by atoms with Crippen molar-refractivity contribution in [3.8, 4) is 0 Å². The minimum absolute atomic E-state index is 0.0604. The second-order valence-corrected chi connectivity index (χ2v) is 12.0. The standard InChI is InChI=1S/C30H33Cl3N4O/c31-25-7-2-1-6-22(25)23-16-20(19-35-14-10-21(11-15-35)36-12-3-4-13-36)17-28-24(23)18-34-30(38)37(28)29-26(32)8-5-9-27(29)33/h1-2,5-9,17,21,23H,3-4,10-16,18-19H2,(H,34,38). The molecule has 0 saturated carbocycles. The van der Waals surface area contributed by atoms with Crippen LogP contribution in [0.3, 0.4) is 0 Å². The molecule has 2 aromatic rings. The van der Waals surface area contributed by atoms with E-state index in [1.165, 1.54) is 44.3 Å². The molecule has 6 rings (SSSR count). The first-order valence-corrected chi connectivity index (χ1v) is 14.8. The maximum absolute atomic E-state index is 13.3. The molecule has 2 saturated heterocycles. The normalized spacial score (nSPS) is 23.4. The Labute approximate surface area is 240 Å². The van der Waals surface area contributed by atoms with E-state index in [2.05, 4.69) is 27.3 Å². The SMILES string of the molecule is O=C1NCC2=C(C=C(CN3CCC(N4CCCC4)CC3)CC2c2ccccc2Cl)N1c1c(Cl)cccc1Cl. The van der Waals surface area contributed by atoms with Gasteiger partial charge in [-0.05, 0) is 93.7 Å². The lowest BCUT2D eigenvalue weighted by molar-refractivity contribution is 0.132. The van der Waals surface area contributed by atoms with Crippen molar-refractivity contribution in [2.75, 3.05) is 44.2 Å². The van der Waals surface area contributed by atoms with Crippen LogP contribution in [0.25, 0.3) is 0 Å². The maximum atomic E-state index is 13.3. The summed E-state index contributed by atoms with van der Waals surface area (Å²) in [7, 11) is 0. The lowest BCUT2D eigenvalue weighted by Gasteiger charge is -2.40. The summed E-state index contributed by atoms with van der Waals surface area (Å²) in [5.74, 6) is 0.0604. The molecule has 1 unspecified atom stereocenters. The number of benzene rings is 2. The highest BCUT2D eigenvalue weighted by atomic mass is 35.5. The quantitative estimate of drug-likeness (QED) is 0.416. The maximum Gasteiger partial charge on any atom is 0.326 e. The van der Waals surface area contributed by atoms with Crippen LogP contribution in [0.15, 0.2) is 65.4 Å². The van der Waals surface area contributed by atoms with E-state index < -0.39 is 0 Å². The second-order valence-electron chi connectivity index (χ2n) is 10.8. The van der Waals surface area contributed by atoms with Crippen LogP contribution in [0.4, 0.5) is 10.5 Å². The van der Waals surface area contributed by atoms with Gasteiger partial charge in [0.25, 0.3) is 0 Å². The zero-order chi connectivity index (χ0) is 26.2. The number of carbonyl (C=O) groups is 1. The number of allylic oxidation sites excluding steroid dienone is 1. The fourth-order valence-electron chi connectivity index (χ4n) is 6.62. The van der Waals surface area contributed by atoms with E-state index in [1.54, 1.807) is 23.1 Å². The van der Waals surface area contributed by atoms with Crippen molar-refractivity contribution in [2.45, 2.75) is 44.1 Å². The van der Waals surface area contributed by atoms with Crippen LogP contribution in [0.5, 0.6) is 0 Å². The van der Waals surface area contributed by atoms with Gasteiger partial charge in [0, 0.05) is 30.1 Å². The molecule has 200 valence electrons. The summed E-state index contributed by atoms with van der Waals surface area (Å²) in [6.45, 7) is 6.07. The minimum Gasteiger partial charge on any atom is -0.334 e. The molecular weight excluding hydrogens is 539 g/mol. The molecule has 38 heavy (non-hydrogen) atoms. The number of amides is 2. The van der Waals surface area contributed by atoms with Gasteiger partial charge < -0.3 is 10.2 Å². The average Bonchev–Trinajstić information content (AvgIpc) is 3.45. The van der Waals surface area contributed by atoms with Gasteiger partial charge in [0.15, 0.2) is 0 Å². The van der Waals surface area contributed by atoms with Crippen molar-refractivity contribution in [1.29, 1.82) is 0 Å². The number of hydrogen-bond acceptors (Lipinski definition) is 3. The monoisotopic (exact) mass is 570 g/mol. The molecule has 3 aliphatic heterocycles. The molecule has 8 heteroatoms. The molecule has 2 aromatic carbocycles. The highest BCUT2D eigenvalue weighted by Crippen LogP contribution is 2.45. The summed E-state index contributed by atoms with van der Waals surface area (Å²) < 4.78 is 0. The fourth-order valence-corrected chi connectivity index (χ4v) is 7.45. The number of para-hydroxylation sites is 1. The Hall–Kier alpha value is -2.02. The lowest BCUT2D eigenvalue weighted by Crippen LogP contribution is -2.48. The average molecular weight is 572 g/mol.